The molecule has 0 N–H and O–H groups in total. The predicted molar refractivity (Wildman–Crippen MR) is 70.6 cm³/mol. The van der Waals surface area contributed by atoms with E-state index in [1.54, 1.807) is 14.2 Å². The van der Waals surface area contributed by atoms with Crippen LogP contribution in [0, 0.1) is 0 Å². The summed E-state index contributed by atoms with van der Waals surface area (Å²) in [6.07, 6.45) is 0.00704. The molecule has 0 atom stereocenters. The predicted octanol–water partition coefficient (Wildman–Crippen LogP) is 3.47. The second-order valence-corrected chi connectivity index (χ2v) is 4.49. The van der Waals surface area contributed by atoms with Gasteiger partial charge >= 0.3 is 0 Å². The van der Waals surface area contributed by atoms with Crippen LogP contribution in [0.1, 0.15) is 34.5 Å². The average Bonchev–Trinajstić information content (AvgIpc) is 2.44. The van der Waals surface area contributed by atoms with Crippen LogP contribution >= 0.6 is 0 Å². The zero-order chi connectivity index (χ0) is 12.5. The smallest absolute Gasteiger partial charge is 0.108 e. The topological polar surface area (TPSA) is 18.5 Å². The van der Waals surface area contributed by atoms with Crippen LogP contribution in [0.15, 0.2) is 48.5 Å². The Balaban J connectivity index is 2.25. The molecule has 0 heterocycles. The minimum absolute atomic E-state index is 0.00352. The highest BCUT2D eigenvalue weighted by Gasteiger charge is 2.31. The van der Waals surface area contributed by atoms with Gasteiger partial charge in [-0.2, -0.15) is 0 Å². The fourth-order valence-corrected chi connectivity index (χ4v) is 2.82. The third kappa shape index (κ3) is 1.57. The molecule has 0 radical (unpaired) electrons. The Morgan fingerprint density at radius 3 is 1.11 bits per heavy atom. The third-order valence-corrected chi connectivity index (χ3v) is 3.59. The minimum Gasteiger partial charge on any atom is -0.372 e. The quantitative estimate of drug-likeness (QED) is 0.800. The molecule has 0 aliphatic heterocycles. The first kappa shape index (κ1) is 11.5. The summed E-state index contributed by atoms with van der Waals surface area (Å²) in [6, 6.07) is 16.7. The van der Waals surface area contributed by atoms with Crippen molar-refractivity contribution in [1.29, 1.82) is 0 Å². The first-order chi connectivity index (χ1) is 8.86. The van der Waals surface area contributed by atoms with E-state index in [1.165, 1.54) is 22.3 Å². The normalized spacial score (nSPS) is 21.2. The average molecular weight is 240 g/mol. The van der Waals surface area contributed by atoms with E-state index in [-0.39, 0.29) is 12.2 Å². The molecule has 0 fully saturated rings. The van der Waals surface area contributed by atoms with Crippen molar-refractivity contribution in [2.24, 2.45) is 0 Å². The van der Waals surface area contributed by atoms with Crippen molar-refractivity contribution in [2.75, 3.05) is 14.2 Å². The molecule has 1 aliphatic carbocycles. The molecular formula is C16H16O2. The van der Waals surface area contributed by atoms with Crippen molar-refractivity contribution >= 4 is 0 Å². The van der Waals surface area contributed by atoms with E-state index in [2.05, 4.69) is 24.3 Å². The molecule has 2 aromatic rings. The molecule has 2 nitrogen and oxygen atoms in total. The van der Waals surface area contributed by atoms with E-state index in [0.717, 1.165) is 0 Å². The van der Waals surface area contributed by atoms with E-state index in [9.17, 15) is 0 Å². The molecule has 92 valence electrons. The zero-order valence-corrected chi connectivity index (χ0v) is 10.6. The molecule has 3 rings (SSSR count). The minimum atomic E-state index is 0.00352. The van der Waals surface area contributed by atoms with Gasteiger partial charge in [-0.3, -0.25) is 0 Å². The number of fused-ring (bicyclic) bond motifs is 2. The van der Waals surface area contributed by atoms with Gasteiger partial charge in [0.25, 0.3) is 0 Å². The highest BCUT2D eigenvalue weighted by Crippen LogP contribution is 2.43. The Kier molecular flexibility index (Phi) is 2.90. The number of rotatable bonds is 2. The van der Waals surface area contributed by atoms with Gasteiger partial charge in [0, 0.05) is 14.2 Å². The number of benzene rings is 2. The van der Waals surface area contributed by atoms with Crippen molar-refractivity contribution in [3.05, 3.63) is 70.8 Å². The second kappa shape index (κ2) is 4.56. The number of ether oxygens (including phenoxy) is 2. The molecule has 0 saturated heterocycles. The molecule has 2 heteroatoms. The molecule has 0 aromatic heterocycles. The van der Waals surface area contributed by atoms with Crippen LogP contribution in [0.3, 0.4) is 0 Å². The molecule has 0 spiro atoms. The summed E-state index contributed by atoms with van der Waals surface area (Å²) in [7, 11) is 3.51. The summed E-state index contributed by atoms with van der Waals surface area (Å²) in [5.74, 6) is 0. The van der Waals surface area contributed by atoms with Crippen molar-refractivity contribution in [2.45, 2.75) is 12.2 Å². The van der Waals surface area contributed by atoms with Crippen LogP contribution in [0.4, 0.5) is 0 Å². The van der Waals surface area contributed by atoms with E-state index in [0.29, 0.717) is 0 Å². The molecule has 0 bridgehead atoms. The lowest BCUT2D eigenvalue weighted by Crippen LogP contribution is -2.20. The van der Waals surface area contributed by atoms with E-state index in [4.69, 9.17) is 9.47 Å². The van der Waals surface area contributed by atoms with Gasteiger partial charge in [0.05, 0.1) is 0 Å². The molecule has 0 amide bonds. The molecule has 18 heavy (non-hydrogen) atoms. The maximum Gasteiger partial charge on any atom is 0.108 e. The van der Waals surface area contributed by atoms with Gasteiger partial charge in [-0.25, -0.2) is 0 Å². The molecule has 1 aliphatic rings. The highest BCUT2D eigenvalue weighted by molar-refractivity contribution is 5.50. The number of hydrogen-bond donors (Lipinski definition) is 0. The zero-order valence-electron chi connectivity index (χ0n) is 10.6. The Morgan fingerprint density at radius 2 is 0.889 bits per heavy atom. The van der Waals surface area contributed by atoms with Gasteiger partial charge in [-0.05, 0) is 22.3 Å². The van der Waals surface area contributed by atoms with Gasteiger partial charge < -0.3 is 9.47 Å². The Hall–Kier alpha value is -1.64. The SMILES string of the molecule is COC1c2ccccc2C(OC)c2ccccc21. The summed E-state index contributed by atoms with van der Waals surface area (Å²) in [5, 5.41) is 0. The number of methoxy groups -OCH3 is 2. The van der Waals surface area contributed by atoms with Crippen molar-refractivity contribution in [3.63, 3.8) is 0 Å². The van der Waals surface area contributed by atoms with Crippen LogP contribution < -0.4 is 0 Å². The molecule has 2 aromatic carbocycles. The Labute approximate surface area is 107 Å². The van der Waals surface area contributed by atoms with Crippen LogP contribution in [-0.2, 0) is 9.47 Å². The summed E-state index contributed by atoms with van der Waals surface area (Å²) in [5.41, 5.74) is 4.80. The lowest BCUT2D eigenvalue weighted by atomic mass is 9.82. The maximum absolute atomic E-state index is 5.68. The van der Waals surface area contributed by atoms with Crippen LogP contribution in [-0.4, -0.2) is 14.2 Å². The first-order valence-electron chi connectivity index (χ1n) is 6.10. The van der Waals surface area contributed by atoms with Gasteiger partial charge in [-0.15, -0.1) is 0 Å². The van der Waals surface area contributed by atoms with Gasteiger partial charge in [0.15, 0.2) is 0 Å². The highest BCUT2D eigenvalue weighted by atomic mass is 16.5. The lowest BCUT2D eigenvalue weighted by Gasteiger charge is -2.32. The molecule has 0 unspecified atom stereocenters. The lowest BCUT2D eigenvalue weighted by molar-refractivity contribution is 0.0991. The summed E-state index contributed by atoms with van der Waals surface area (Å²) >= 11 is 0. The maximum atomic E-state index is 5.68. The van der Waals surface area contributed by atoms with Gasteiger partial charge in [0.1, 0.15) is 12.2 Å². The van der Waals surface area contributed by atoms with E-state index >= 15 is 0 Å². The van der Waals surface area contributed by atoms with E-state index < -0.39 is 0 Å². The van der Waals surface area contributed by atoms with Crippen LogP contribution in [0.25, 0.3) is 0 Å². The summed E-state index contributed by atoms with van der Waals surface area (Å²) in [4.78, 5) is 0. The third-order valence-electron chi connectivity index (χ3n) is 3.59. The standard InChI is InChI=1S/C16H16O2/c1-17-15-11-7-3-5-9-13(11)16(18-2)14-10-6-4-8-12(14)15/h3-10,15-16H,1-2H3. The molecular weight excluding hydrogens is 224 g/mol. The van der Waals surface area contributed by atoms with Crippen molar-refractivity contribution in [3.8, 4) is 0 Å². The first-order valence-corrected chi connectivity index (χ1v) is 6.10. The summed E-state index contributed by atoms with van der Waals surface area (Å²) in [6.45, 7) is 0. The number of hydrogen-bond acceptors (Lipinski definition) is 2. The van der Waals surface area contributed by atoms with Gasteiger partial charge in [0.2, 0.25) is 0 Å². The summed E-state index contributed by atoms with van der Waals surface area (Å²) < 4.78 is 11.4. The van der Waals surface area contributed by atoms with E-state index in [1.807, 2.05) is 24.3 Å². The van der Waals surface area contributed by atoms with Crippen LogP contribution in [0.2, 0.25) is 0 Å². The fraction of sp³-hybridized carbons (Fsp3) is 0.250. The monoisotopic (exact) mass is 240 g/mol. The van der Waals surface area contributed by atoms with Crippen LogP contribution in [0.5, 0.6) is 0 Å². The molecule has 0 saturated carbocycles. The van der Waals surface area contributed by atoms with Crippen molar-refractivity contribution in [1.82, 2.24) is 0 Å². The Morgan fingerprint density at radius 1 is 0.611 bits per heavy atom. The van der Waals surface area contributed by atoms with Gasteiger partial charge in [-0.1, -0.05) is 48.5 Å². The fourth-order valence-electron chi connectivity index (χ4n) is 2.82. The Bertz CT molecular complexity index is 465. The second-order valence-electron chi connectivity index (χ2n) is 4.49. The largest absolute Gasteiger partial charge is 0.372 e. The van der Waals surface area contributed by atoms with Crippen molar-refractivity contribution < 1.29 is 9.47 Å².